The zero-order chi connectivity index (χ0) is 20.1. The molecular weight excluding hydrogens is 384 g/mol. The topological polar surface area (TPSA) is 71.3 Å². The average Bonchev–Trinajstić information content (AvgIpc) is 3.44. The molecule has 4 rings (SSSR count). The van der Waals surface area contributed by atoms with E-state index in [0.717, 1.165) is 46.8 Å². The number of nitrogens with zero attached hydrogens (tertiary/aromatic N) is 3. The molecule has 29 heavy (non-hydrogen) atoms. The summed E-state index contributed by atoms with van der Waals surface area (Å²) >= 11 is 1.62. The number of nitrogens with one attached hydrogen (secondary N) is 1. The number of carbonyl (C=O) groups excluding carboxylic acids is 1. The van der Waals surface area contributed by atoms with E-state index in [4.69, 9.17) is 9.40 Å². The van der Waals surface area contributed by atoms with Crippen LogP contribution in [0.25, 0.3) is 0 Å². The lowest BCUT2D eigenvalue weighted by Crippen LogP contribution is -2.22. The van der Waals surface area contributed by atoms with Crippen LogP contribution >= 0.6 is 11.8 Å². The van der Waals surface area contributed by atoms with Crippen LogP contribution in [0.3, 0.4) is 0 Å². The van der Waals surface area contributed by atoms with Crippen LogP contribution in [0.1, 0.15) is 40.2 Å². The molecule has 0 aliphatic carbocycles. The quantitative estimate of drug-likeness (QED) is 0.467. The summed E-state index contributed by atoms with van der Waals surface area (Å²) in [5, 5.41) is 3.65. The molecule has 0 saturated carbocycles. The SMILES string of the molecule is Cc1cc(N2CCCC2)nc(SCc2ccc(C(=O)NCc3ccco3)cc2)n1. The number of rotatable bonds is 7. The highest BCUT2D eigenvalue weighted by molar-refractivity contribution is 7.98. The van der Waals surface area contributed by atoms with Crippen molar-refractivity contribution in [2.24, 2.45) is 0 Å². The van der Waals surface area contributed by atoms with Gasteiger partial charge < -0.3 is 14.6 Å². The first kappa shape index (κ1) is 19.5. The Kier molecular flexibility index (Phi) is 6.14. The van der Waals surface area contributed by atoms with Gasteiger partial charge in [-0.3, -0.25) is 4.79 Å². The minimum absolute atomic E-state index is 0.113. The molecule has 1 aromatic carbocycles. The summed E-state index contributed by atoms with van der Waals surface area (Å²) in [7, 11) is 0. The third-order valence-corrected chi connectivity index (χ3v) is 5.76. The van der Waals surface area contributed by atoms with E-state index in [0.29, 0.717) is 12.1 Å². The number of amides is 1. The molecule has 150 valence electrons. The molecule has 0 unspecified atom stereocenters. The zero-order valence-electron chi connectivity index (χ0n) is 16.4. The van der Waals surface area contributed by atoms with Crippen LogP contribution in [0.4, 0.5) is 5.82 Å². The number of aryl methyl sites for hydroxylation is 1. The molecule has 1 saturated heterocycles. The minimum atomic E-state index is -0.113. The third-order valence-electron chi connectivity index (χ3n) is 4.84. The van der Waals surface area contributed by atoms with Crippen molar-refractivity contribution < 1.29 is 9.21 Å². The number of thioether (sulfide) groups is 1. The van der Waals surface area contributed by atoms with Crippen LogP contribution in [0.5, 0.6) is 0 Å². The van der Waals surface area contributed by atoms with Gasteiger partial charge in [-0.2, -0.15) is 0 Å². The van der Waals surface area contributed by atoms with Gasteiger partial charge in [-0.25, -0.2) is 9.97 Å². The van der Waals surface area contributed by atoms with E-state index in [9.17, 15) is 4.79 Å². The van der Waals surface area contributed by atoms with Crippen LogP contribution in [-0.4, -0.2) is 29.0 Å². The molecule has 7 heteroatoms. The fourth-order valence-electron chi connectivity index (χ4n) is 3.28. The van der Waals surface area contributed by atoms with Gasteiger partial charge in [0.05, 0.1) is 12.8 Å². The molecule has 2 aromatic heterocycles. The van der Waals surface area contributed by atoms with Gasteiger partial charge in [-0.15, -0.1) is 0 Å². The highest BCUT2D eigenvalue weighted by Crippen LogP contribution is 2.24. The highest BCUT2D eigenvalue weighted by atomic mass is 32.2. The molecule has 1 aliphatic rings. The summed E-state index contributed by atoms with van der Waals surface area (Å²) in [5.74, 6) is 2.41. The van der Waals surface area contributed by atoms with Crippen molar-refractivity contribution in [2.75, 3.05) is 18.0 Å². The van der Waals surface area contributed by atoms with Crippen molar-refractivity contribution in [2.45, 2.75) is 37.2 Å². The molecule has 3 aromatic rings. The van der Waals surface area contributed by atoms with Crippen LogP contribution in [0.2, 0.25) is 0 Å². The van der Waals surface area contributed by atoms with Crippen LogP contribution in [0, 0.1) is 6.92 Å². The van der Waals surface area contributed by atoms with E-state index in [1.165, 1.54) is 12.8 Å². The molecular formula is C22H24N4O2S. The van der Waals surface area contributed by atoms with Crippen LogP contribution in [0.15, 0.2) is 58.3 Å². The number of furan rings is 1. The number of anilines is 1. The largest absolute Gasteiger partial charge is 0.467 e. The molecule has 6 nitrogen and oxygen atoms in total. The molecule has 1 aliphatic heterocycles. The van der Waals surface area contributed by atoms with Gasteiger partial charge in [0.2, 0.25) is 0 Å². The Labute approximate surface area is 174 Å². The first-order chi connectivity index (χ1) is 14.2. The smallest absolute Gasteiger partial charge is 0.251 e. The van der Waals surface area contributed by atoms with Crippen molar-refractivity contribution in [1.29, 1.82) is 0 Å². The van der Waals surface area contributed by atoms with Crippen molar-refractivity contribution in [3.8, 4) is 0 Å². The number of hydrogen-bond acceptors (Lipinski definition) is 6. The first-order valence-electron chi connectivity index (χ1n) is 9.80. The standard InChI is InChI=1S/C22H24N4O2S/c1-16-13-20(26-10-2-3-11-26)25-22(24-16)29-15-17-6-8-18(9-7-17)21(27)23-14-19-5-4-12-28-19/h4-9,12-13H,2-3,10-11,14-15H2,1H3,(H,23,27). The van der Waals surface area contributed by atoms with Crippen LogP contribution in [-0.2, 0) is 12.3 Å². The van der Waals surface area contributed by atoms with E-state index in [-0.39, 0.29) is 5.91 Å². The van der Waals surface area contributed by atoms with Crippen LogP contribution < -0.4 is 10.2 Å². The summed E-state index contributed by atoms with van der Waals surface area (Å²) in [4.78, 5) is 23.9. The average molecular weight is 409 g/mol. The summed E-state index contributed by atoms with van der Waals surface area (Å²) < 4.78 is 5.23. The van der Waals surface area contributed by atoms with E-state index in [1.807, 2.05) is 37.3 Å². The molecule has 0 atom stereocenters. The summed E-state index contributed by atoms with van der Waals surface area (Å²) in [5.41, 5.74) is 2.76. The second-order valence-corrected chi connectivity index (χ2v) is 8.03. The van der Waals surface area contributed by atoms with E-state index in [1.54, 1.807) is 24.1 Å². The van der Waals surface area contributed by atoms with E-state index < -0.39 is 0 Å². The Morgan fingerprint density at radius 1 is 1.17 bits per heavy atom. The predicted octanol–water partition coefficient (Wildman–Crippen LogP) is 4.20. The Hall–Kier alpha value is -2.80. The Morgan fingerprint density at radius 3 is 2.69 bits per heavy atom. The highest BCUT2D eigenvalue weighted by Gasteiger charge is 2.15. The van der Waals surface area contributed by atoms with Crippen molar-refractivity contribution in [1.82, 2.24) is 15.3 Å². The minimum Gasteiger partial charge on any atom is -0.467 e. The van der Waals surface area contributed by atoms with E-state index in [2.05, 4.69) is 21.3 Å². The Balaban J connectivity index is 1.33. The van der Waals surface area contributed by atoms with E-state index >= 15 is 0 Å². The number of carbonyl (C=O) groups is 1. The maximum absolute atomic E-state index is 12.2. The lowest BCUT2D eigenvalue weighted by atomic mass is 10.1. The number of aromatic nitrogens is 2. The van der Waals surface area contributed by atoms with Gasteiger partial charge >= 0.3 is 0 Å². The molecule has 1 fully saturated rings. The number of benzene rings is 1. The van der Waals surface area contributed by atoms with Gasteiger partial charge in [0.25, 0.3) is 5.91 Å². The lowest BCUT2D eigenvalue weighted by Gasteiger charge is -2.17. The van der Waals surface area contributed by atoms with Gasteiger partial charge in [0.15, 0.2) is 5.16 Å². The maximum Gasteiger partial charge on any atom is 0.251 e. The van der Waals surface area contributed by atoms with Crippen molar-refractivity contribution in [3.63, 3.8) is 0 Å². The summed E-state index contributed by atoms with van der Waals surface area (Å²) in [6.07, 6.45) is 4.06. The van der Waals surface area contributed by atoms with Gasteiger partial charge in [-0.1, -0.05) is 23.9 Å². The summed E-state index contributed by atoms with van der Waals surface area (Å²) in [6.45, 7) is 4.54. The van der Waals surface area contributed by atoms with Gasteiger partial charge in [0.1, 0.15) is 11.6 Å². The molecule has 1 N–H and O–H groups in total. The van der Waals surface area contributed by atoms with Gasteiger partial charge in [-0.05, 0) is 49.6 Å². The molecule has 1 amide bonds. The van der Waals surface area contributed by atoms with Crippen molar-refractivity contribution >= 4 is 23.5 Å². The Morgan fingerprint density at radius 2 is 1.97 bits per heavy atom. The molecule has 0 radical (unpaired) electrons. The number of hydrogen-bond donors (Lipinski definition) is 1. The Bertz CT molecular complexity index is 951. The van der Waals surface area contributed by atoms with Gasteiger partial charge in [0, 0.05) is 36.2 Å². The maximum atomic E-state index is 12.2. The lowest BCUT2D eigenvalue weighted by molar-refractivity contribution is 0.0948. The molecule has 0 spiro atoms. The normalized spacial score (nSPS) is 13.6. The van der Waals surface area contributed by atoms with Crippen molar-refractivity contribution in [3.05, 3.63) is 71.3 Å². The monoisotopic (exact) mass is 408 g/mol. The molecule has 3 heterocycles. The zero-order valence-corrected chi connectivity index (χ0v) is 17.2. The third kappa shape index (κ3) is 5.17. The predicted molar refractivity (Wildman–Crippen MR) is 114 cm³/mol. The second kappa shape index (κ2) is 9.13. The first-order valence-corrected chi connectivity index (χ1v) is 10.8. The fraction of sp³-hybridized carbons (Fsp3) is 0.318. The second-order valence-electron chi connectivity index (χ2n) is 7.09. The fourth-order valence-corrected chi connectivity index (χ4v) is 4.14. The summed E-state index contributed by atoms with van der Waals surface area (Å²) in [6, 6.07) is 13.4. The molecule has 0 bridgehead atoms.